The van der Waals surface area contributed by atoms with E-state index in [-0.39, 0.29) is 49.2 Å². The van der Waals surface area contributed by atoms with Crippen LogP contribution in [0.25, 0.3) is 0 Å². The molecule has 1 aliphatic heterocycles. The van der Waals surface area contributed by atoms with Gasteiger partial charge in [0.1, 0.15) is 60.1 Å². The Bertz CT molecular complexity index is 2760. The van der Waals surface area contributed by atoms with E-state index < -0.39 is 173 Å². The van der Waals surface area contributed by atoms with E-state index in [0.717, 1.165) is 96.3 Å². The largest absolute Gasteiger partial charge is 0.508 e. The Balaban J connectivity index is 1.54. The van der Waals surface area contributed by atoms with Crippen LogP contribution in [-0.2, 0) is 78.2 Å². The minimum absolute atomic E-state index is 0.00984. The monoisotopic (exact) mass is 1330 g/mol. The molecular weight excluding hydrogens is 1220 g/mol. The summed E-state index contributed by atoms with van der Waals surface area (Å²) in [5.41, 5.74) is 0.494. The fourth-order valence-corrected chi connectivity index (χ4v) is 12.9. The number of phenolic OH excluding ortho intramolecular Hbond substituents is 1. The SMILES string of the molecule is CC(C)[C@@H]1NC(=O)[C@H](C)OC(=O)[C@@H](C(C)C)NC(=O)[C@@H](CC2CCCCC2)NC(=O)[C@H](C(C)C)NC(=O)[C@H](C)OC(=O)[C@@H](C(C)C)NC(=O)[C@@H](CC2CCCCC2)NC(=O)[C@H](Cc2ccc(O)cc2)NC(=O)[C@H](C)OC(=O)[C@@H](C(C)C)NC(=O)[C@@H](CC2CCCCC2)NC1=O. The maximum absolute atomic E-state index is 14.8. The van der Waals surface area contributed by atoms with Crippen LogP contribution in [0, 0.1) is 47.3 Å². The van der Waals surface area contributed by atoms with E-state index in [2.05, 4.69) is 47.9 Å². The summed E-state index contributed by atoms with van der Waals surface area (Å²) in [6.45, 7) is 20.6. The second-order valence-electron chi connectivity index (χ2n) is 28.7. The number of hydrogen-bond donors (Lipinski definition) is 10. The Labute approximate surface area is 561 Å². The van der Waals surface area contributed by atoms with Crippen LogP contribution in [0.2, 0.25) is 0 Å². The lowest BCUT2D eigenvalue weighted by Gasteiger charge is -2.32. The summed E-state index contributed by atoms with van der Waals surface area (Å²) in [4.78, 5) is 172. The van der Waals surface area contributed by atoms with E-state index >= 15 is 0 Å². The zero-order valence-corrected chi connectivity index (χ0v) is 58.4. The third kappa shape index (κ3) is 24.7. The molecule has 4 fully saturated rings. The normalized spacial score (nSPS) is 29.0. The summed E-state index contributed by atoms with van der Waals surface area (Å²) in [6.07, 6.45) is 8.74. The molecule has 0 aromatic heterocycles. The molecule has 95 heavy (non-hydrogen) atoms. The van der Waals surface area contributed by atoms with Crippen LogP contribution in [0.5, 0.6) is 5.75 Å². The van der Waals surface area contributed by atoms with Crippen LogP contribution in [0.4, 0.5) is 0 Å². The summed E-state index contributed by atoms with van der Waals surface area (Å²) in [6, 6.07) is -5.83. The van der Waals surface area contributed by atoms with Gasteiger partial charge in [-0.1, -0.05) is 178 Å². The fourth-order valence-electron chi connectivity index (χ4n) is 12.9. The summed E-state index contributed by atoms with van der Waals surface area (Å²) >= 11 is 0. The van der Waals surface area contributed by atoms with Crippen LogP contribution in [-0.4, -0.2) is 149 Å². The minimum Gasteiger partial charge on any atom is -0.508 e. The molecule has 532 valence electrons. The van der Waals surface area contributed by atoms with Crippen LogP contribution in [0.1, 0.15) is 211 Å². The van der Waals surface area contributed by atoms with Crippen molar-refractivity contribution in [3.8, 4) is 5.75 Å². The summed E-state index contributed by atoms with van der Waals surface area (Å²) in [5, 5.41) is 35.0. The number of carbonyl (C=O) groups excluding carboxylic acids is 12. The van der Waals surface area contributed by atoms with Gasteiger partial charge in [0.2, 0.25) is 35.4 Å². The van der Waals surface area contributed by atoms with Crippen molar-refractivity contribution >= 4 is 71.1 Å². The average Bonchev–Trinajstić information content (AvgIpc) is 0.935. The first-order valence-corrected chi connectivity index (χ1v) is 35.0. The molecule has 1 aromatic rings. The Morgan fingerprint density at radius 1 is 0.326 bits per heavy atom. The fraction of sp³-hybridized carbons (Fsp3) is 0.743. The molecule has 1 saturated heterocycles. The molecule has 5 rings (SSSR count). The lowest BCUT2D eigenvalue weighted by Crippen LogP contribution is -2.60. The van der Waals surface area contributed by atoms with Crippen LogP contribution in [0.15, 0.2) is 24.3 Å². The second kappa shape index (κ2) is 37.8. The molecule has 3 saturated carbocycles. The molecule has 0 unspecified atom stereocenters. The first-order valence-electron chi connectivity index (χ1n) is 35.0. The third-order valence-electron chi connectivity index (χ3n) is 18.9. The maximum Gasteiger partial charge on any atom is 0.329 e. The van der Waals surface area contributed by atoms with Crippen molar-refractivity contribution in [3.05, 3.63) is 29.8 Å². The highest BCUT2D eigenvalue weighted by atomic mass is 16.6. The highest BCUT2D eigenvalue weighted by Gasteiger charge is 2.41. The van der Waals surface area contributed by atoms with E-state index in [4.69, 9.17) is 14.2 Å². The van der Waals surface area contributed by atoms with Gasteiger partial charge in [-0.15, -0.1) is 0 Å². The number of nitrogens with one attached hydrogen (secondary N) is 9. The number of carbonyl (C=O) groups is 12. The van der Waals surface area contributed by atoms with Gasteiger partial charge in [0, 0.05) is 6.42 Å². The van der Waals surface area contributed by atoms with Crippen molar-refractivity contribution in [1.29, 1.82) is 0 Å². The van der Waals surface area contributed by atoms with E-state index in [0.29, 0.717) is 5.56 Å². The minimum atomic E-state index is -1.57. The summed E-state index contributed by atoms with van der Waals surface area (Å²) in [5.74, 6) is -13.1. The van der Waals surface area contributed by atoms with Crippen molar-refractivity contribution < 1.29 is 76.9 Å². The average molecular weight is 1330 g/mol. The molecule has 0 bridgehead atoms. The number of amides is 9. The van der Waals surface area contributed by atoms with Gasteiger partial charge in [-0.3, -0.25) is 43.2 Å². The van der Waals surface area contributed by atoms with Gasteiger partial charge in [0.25, 0.3) is 17.7 Å². The molecule has 0 spiro atoms. The second-order valence-corrected chi connectivity index (χ2v) is 28.7. The van der Waals surface area contributed by atoms with Crippen LogP contribution < -0.4 is 47.9 Å². The molecule has 0 radical (unpaired) electrons. The summed E-state index contributed by atoms with van der Waals surface area (Å²) in [7, 11) is 0. The van der Waals surface area contributed by atoms with Gasteiger partial charge in [-0.2, -0.15) is 0 Å². The number of cyclic esters (lactones) is 3. The van der Waals surface area contributed by atoms with Gasteiger partial charge < -0.3 is 67.2 Å². The zero-order chi connectivity index (χ0) is 70.4. The lowest BCUT2D eigenvalue weighted by atomic mass is 9.84. The van der Waals surface area contributed by atoms with E-state index in [9.17, 15) is 62.6 Å². The van der Waals surface area contributed by atoms with Gasteiger partial charge in [0.15, 0.2) is 18.3 Å². The Hall–Kier alpha value is -7.34. The predicted octanol–water partition coefficient (Wildman–Crippen LogP) is 5.30. The molecule has 1 heterocycles. The quantitative estimate of drug-likeness (QED) is 0.0885. The van der Waals surface area contributed by atoms with Crippen molar-refractivity contribution in [2.75, 3.05) is 0 Å². The lowest BCUT2D eigenvalue weighted by molar-refractivity contribution is -0.159. The number of ether oxygens (including phenoxy) is 3. The Morgan fingerprint density at radius 2 is 0.568 bits per heavy atom. The molecule has 25 heteroatoms. The molecule has 25 nitrogen and oxygen atoms in total. The van der Waals surface area contributed by atoms with Crippen LogP contribution >= 0.6 is 0 Å². The van der Waals surface area contributed by atoms with E-state index in [1.165, 1.54) is 32.9 Å². The van der Waals surface area contributed by atoms with Gasteiger partial charge >= 0.3 is 17.9 Å². The van der Waals surface area contributed by atoms with Crippen LogP contribution in [0.3, 0.4) is 0 Å². The number of hydrogen-bond acceptors (Lipinski definition) is 16. The number of esters is 3. The number of rotatable bonds is 13. The number of aromatic hydroxyl groups is 1. The Kier molecular flexibility index (Phi) is 31.2. The first kappa shape index (κ1) is 78.4. The van der Waals surface area contributed by atoms with Crippen molar-refractivity contribution in [3.63, 3.8) is 0 Å². The van der Waals surface area contributed by atoms with Gasteiger partial charge in [-0.25, -0.2) is 14.4 Å². The first-order chi connectivity index (χ1) is 44.8. The number of benzene rings is 1. The molecule has 10 N–H and O–H groups in total. The van der Waals surface area contributed by atoms with Gasteiger partial charge in [0.05, 0.1) is 0 Å². The third-order valence-corrected chi connectivity index (χ3v) is 18.9. The zero-order valence-electron chi connectivity index (χ0n) is 58.4. The van der Waals surface area contributed by atoms with Crippen molar-refractivity contribution in [2.45, 2.75) is 285 Å². The molecular formula is C70H111N9O16. The molecule has 9 amide bonds. The maximum atomic E-state index is 14.8. The Morgan fingerprint density at radius 3 is 0.853 bits per heavy atom. The molecule has 3 aliphatic carbocycles. The van der Waals surface area contributed by atoms with E-state index in [1.807, 2.05) is 0 Å². The highest BCUT2D eigenvalue weighted by Crippen LogP contribution is 2.31. The standard InChI is InChI=1S/C70H111N9O16/c1-37(2)54-66(88)73-52(34-46-25-19-15-20-26-46)64(86)78-56(39(5)6)68(90)93-42(11)59(81)71-50(36-48-29-31-49(80)32-30-48)62(84)72-51(33-45-23-17-14-18-24-45)63(85)77-57(40(7)8)69(91)94-43(12)60(82)75-55(38(3)4)67(89)74-53(35-47-27-21-16-22-28-47)65(87)79-58(41(9)10)70(92)95-44(13)61(83)76-54/h29-32,37-47,50-58,80H,14-28,33-36H2,1-13H3,(H,71,81)(H,72,84)(H,73,88)(H,74,89)(H,75,82)(H,76,83)(H,77,85)(H,78,86)(H,79,87)/t42-,43-,44-,50-,51+,52+,53+,54-,55-,56+,57+,58+/m0/s1. The molecule has 12 atom stereocenters. The predicted molar refractivity (Wildman–Crippen MR) is 354 cm³/mol. The molecule has 1 aromatic carbocycles. The van der Waals surface area contributed by atoms with E-state index in [1.54, 1.807) is 81.4 Å². The van der Waals surface area contributed by atoms with Crippen molar-refractivity contribution in [1.82, 2.24) is 47.9 Å². The van der Waals surface area contributed by atoms with Crippen molar-refractivity contribution in [2.24, 2.45) is 47.3 Å². The van der Waals surface area contributed by atoms with Gasteiger partial charge in [-0.05, 0) is 105 Å². The smallest absolute Gasteiger partial charge is 0.329 e. The summed E-state index contributed by atoms with van der Waals surface area (Å²) < 4.78 is 17.2. The highest BCUT2D eigenvalue weighted by molar-refractivity contribution is 5.98. The topological polar surface area (TPSA) is 361 Å². The number of phenols is 1. The molecule has 4 aliphatic rings.